The Morgan fingerprint density at radius 2 is 2.00 bits per heavy atom. The SMILES string of the molecule is CNC(C)C(=O)NN(C)C. The number of rotatable bonds is 3. The van der Waals surface area contributed by atoms with E-state index in [-0.39, 0.29) is 11.9 Å². The number of nitrogens with zero attached hydrogens (tertiary/aromatic N) is 1. The van der Waals surface area contributed by atoms with E-state index in [2.05, 4.69) is 10.7 Å². The second kappa shape index (κ2) is 4.24. The molecule has 4 heteroatoms. The van der Waals surface area contributed by atoms with E-state index >= 15 is 0 Å². The zero-order valence-corrected chi connectivity index (χ0v) is 6.93. The van der Waals surface area contributed by atoms with E-state index in [0.29, 0.717) is 0 Å². The number of amides is 1. The van der Waals surface area contributed by atoms with Crippen LogP contribution in [-0.4, -0.2) is 38.1 Å². The Labute approximate surface area is 61.6 Å². The third-order valence-electron chi connectivity index (χ3n) is 1.16. The van der Waals surface area contributed by atoms with E-state index in [9.17, 15) is 4.79 Å². The van der Waals surface area contributed by atoms with Crippen molar-refractivity contribution in [2.45, 2.75) is 13.0 Å². The maximum Gasteiger partial charge on any atom is 0.251 e. The summed E-state index contributed by atoms with van der Waals surface area (Å²) >= 11 is 0. The summed E-state index contributed by atoms with van der Waals surface area (Å²) in [7, 11) is 5.31. The molecule has 0 heterocycles. The lowest BCUT2D eigenvalue weighted by molar-refractivity contribution is -0.126. The van der Waals surface area contributed by atoms with Crippen LogP contribution in [0.4, 0.5) is 0 Å². The number of hydrazine groups is 1. The summed E-state index contributed by atoms with van der Waals surface area (Å²) in [6.07, 6.45) is 0. The van der Waals surface area contributed by atoms with Gasteiger partial charge in [0.2, 0.25) is 0 Å². The van der Waals surface area contributed by atoms with Gasteiger partial charge in [0, 0.05) is 14.1 Å². The van der Waals surface area contributed by atoms with Crippen molar-refractivity contribution in [1.29, 1.82) is 0 Å². The Bertz CT molecular complexity index is 114. The Hall–Kier alpha value is -0.610. The highest BCUT2D eigenvalue weighted by atomic mass is 16.2. The van der Waals surface area contributed by atoms with Gasteiger partial charge in [-0.3, -0.25) is 10.2 Å². The third kappa shape index (κ3) is 3.42. The van der Waals surface area contributed by atoms with Gasteiger partial charge >= 0.3 is 0 Å². The molecule has 1 amide bonds. The first-order valence-corrected chi connectivity index (χ1v) is 3.23. The van der Waals surface area contributed by atoms with Crippen molar-refractivity contribution in [2.75, 3.05) is 21.1 Å². The lowest BCUT2D eigenvalue weighted by Crippen LogP contribution is -2.46. The van der Waals surface area contributed by atoms with Gasteiger partial charge in [-0.25, -0.2) is 5.01 Å². The van der Waals surface area contributed by atoms with Gasteiger partial charge in [0.25, 0.3) is 5.91 Å². The zero-order chi connectivity index (χ0) is 8.15. The number of hydrogen-bond acceptors (Lipinski definition) is 3. The van der Waals surface area contributed by atoms with Crippen molar-refractivity contribution in [3.05, 3.63) is 0 Å². The van der Waals surface area contributed by atoms with Crippen LogP contribution >= 0.6 is 0 Å². The van der Waals surface area contributed by atoms with Crippen molar-refractivity contribution >= 4 is 5.91 Å². The molecule has 0 aliphatic heterocycles. The van der Waals surface area contributed by atoms with E-state index in [1.165, 1.54) is 0 Å². The molecule has 1 unspecified atom stereocenters. The molecule has 2 N–H and O–H groups in total. The largest absolute Gasteiger partial charge is 0.309 e. The minimum Gasteiger partial charge on any atom is -0.309 e. The molecule has 0 aliphatic carbocycles. The molecule has 0 rings (SSSR count). The molecule has 0 radical (unpaired) electrons. The highest BCUT2D eigenvalue weighted by Crippen LogP contribution is 1.78. The quantitative estimate of drug-likeness (QED) is 0.510. The predicted molar refractivity (Wildman–Crippen MR) is 40.4 cm³/mol. The van der Waals surface area contributed by atoms with Crippen LogP contribution < -0.4 is 10.7 Å². The summed E-state index contributed by atoms with van der Waals surface area (Å²) in [5.41, 5.74) is 2.63. The molecule has 0 saturated carbocycles. The fourth-order valence-corrected chi connectivity index (χ4v) is 0.448. The average molecular weight is 145 g/mol. The van der Waals surface area contributed by atoms with Gasteiger partial charge in [-0.15, -0.1) is 0 Å². The molecule has 10 heavy (non-hydrogen) atoms. The van der Waals surface area contributed by atoms with Crippen molar-refractivity contribution in [2.24, 2.45) is 0 Å². The second-order valence-corrected chi connectivity index (χ2v) is 2.38. The fourth-order valence-electron chi connectivity index (χ4n) is 0.448. The van der Waals surface area contributed by atoms with Crippen molar-refractivity contribution < 1.29 is 4.79 Å². The molecule has 0 saturated heterocycles. The predicted octanol–water partition coefficient (Wildman–Crippen LogP) is -0.813. The van der Waals surface area contributed by atoms with E-state index in [1.54, 1.807) is 33.1 Å². The van der Waals surface area contributed by atoms with Crippen LogP contribution in [-0.2, 0) is 4.79 Å². The third-order valence-corrected chi connectivity index (χ3v) is 1.16. The molecule has 60 valence electrons. The van der Waals surface area contributed by atoms with Crippen LogP contribution in [0.1, 0.15) is 6.92 Å². The number of likely N-dealkylation sites (N-methyl/N-ethyl adjacent to an activating group) is 1. The topological polar surface area (TPSA) is 44.4 Å². The highest BCUT2D eigenvalue weighted by Gasteiger charge is 2.08. The van der Waals surface area contributed by atoms with Gasteiger partial charge in [-0.1, -0.05) is 0 Å². The van der Waals surface area contributed by atoms with E-state index in [0.717, 1.165) is 0 Å². The summed E-state index contributed by atoms with van der Waals surface area (Å²) in [5, 5.41) is 4.45. The summed E-state index contributed by atoms with van der Waals surface area (Å²) in [6.45, 7) is 1.80. The smallest absolute Gasteiger partial charge is 0.251 e. The van der Waals surface area contributed by atoms with Crippen LogP contribution in [0.2, 0.25) is 0 Å². The maximum atomic E-state index is 11.0. The van der Waals surface area contributed by atoms with Crippen LogP contribution in [0.5, 0.6) is 0 Å². The molecular formula is C6H15N3O. The van der Waals surface area contributed by atoms with Gasteiger partial charge in [0.1, 0.15) is 0 Å². The number of carbonyl (C=O) groups excluding carboxylic acids is 1. The first kappa shape index (κ1) is 9.39. The first-order valence-electron chi connectivity index (χ1n) is 3.23. The average Bonchev–Trinajstić information content (AvgIpc) is 1.85. The maximum absolute atomic E-state index is 11.0. The molecule has 1 atom stereocenters. The van der Waals surface area contributed by atoms with Gasteiger partial charge in [-0.2, -0.15) is 0 Å². The molecule has 0 spiro atoms. The molecule has 0 aromatic rings. The normalized spacial score (nSPS) is 13.3. The van der Waals surface area contributed by atoms with Gasteiger partial charge in [0.05, 0.1) is 6.04 Å². The summed E-state index contributed by atoms with van der Waals surface area (Å²) in [5.74, 6) is -0.0208. The van der Waals surface area contributed by atoms with E-state index < -0.39 is 0 Å². The highest BCUT2D eigenvalue weighted by molar-refractivity contribution is 5.80. The fraction of sp³-hybridized carbons (Fsp3) is 0.833. The minimum atomic E-state index is -0.137. The van der Waals surface area contributed by atoms with Crippen molar-refractivity contribution in [3.8, 4) is 0 Å². The van der Waals surface area contributed by atoms with Gasteiger partial charge in [0.15, 0.2) is 0 Å². The number of hydrogen-bond donors (Lipinski definition) is 2. The standard InChI is InChI=1S/C6H15N3O/c1-5(7-2)6(10)8-9(3)4/h5,7H,1-4H3,(H,8,10). The number of carbonyl (C=O) groups is 1. The summed E-state index contributed by atoms with van der Waals surface area (Å²) in [4.78, 5) is 11.0. The molecule has 0 bridgehead atoms. The van der Waals surface area contributed by atoms with Crippen LogP contribution in [0.3, 0.4) is 0 Å². The minimum absolute atomic E-state index is 0.0208. The van der Waals surface area contributed by atoms with Gasteiger partial charge < -0.3 is 5.32 Å². The second-order valence-electron chi connectivity index (χ2n) is 2.38. The molecule has 0 aliphatic rings. The van der Waals surface area contributed by atoms with Crippen molar-refractivity contribution in [1.82, 2.24) is 15.8 Å². The first-order chi connectivity index (χ1) is 4.57. The number of nitrogens with one attached hydrogen (secondary N) is 2. The van der Waals surface area contributed by atoms with E-state index in [1.807, 2.05) is 0 Å². The molecular weight excluding hydrogens is 130 g/mol. The zero-order valence-electron chi connectivity index (χ0n) is 6.93. The van der Waals surface area contributed by atoms with Crippen LogP contribution in [0, 0.1) is 0 Å². The molecule has 0 aromatic carbocycles. The Morgan fingerprint density at radius 3 is 2.30 bits per heavy atom. The Balaban J connectivity index is 3.62. The Morgan fingerprint density at radius 1 is 1.50 bits per heavy atom. The Kier molecular flexibility index (Phi) is 3.99. The lowest BCUT2D eigenvalue weighted by Gasteiger charge is -2.15. The van der Waals surface area contributed by atoms with Crippen LogP contribution in [0.25, 0.3) is 0 Å². The molecule has 4 nitrogen and oxygen atoms in total. The molecule has 0 fully saturated rings. The monoisotopic (exact) mass is 145 g/mol. The van der Waals surface area contributed by atoms with Gasteiger partial charge in [-0.05, 0) is 14.0 Å². The van der Waals surface area contributed by atoms with E-state index in [4.69, 9.17) is 0 Å². The van der Waals surface area contributed by atoms with Crippen molar-refractivity contribution in [3.63, 3.8) is 0 Å². The summed E-state index contributed by atoms with van der Waals surface area (Å²) < 4.78 is 0. The van der Waals surface area contributed by atoms with Crippen LogP contribution in [0.15, 0.2) is 0 Å². The lowest BCUT2D eigenvalue weighted by atomic mass is 10.3. The molecule has 0 aromatic heterocycles. The summed E-state index contributed by atoms with van der Waals surface area (Å²) in [6, 6.07) is -0.137.